The molecule has 0 saturated heterocycles. The molecule has 38 heavy (non-hydrogen) atoms. The van der Waals surface area contributed by atoms with Crippen molar-refractivity contribution < 1.29 is 13.8 Å². The Kier molecular flexibility index (Phi) is 14.7. The molecule has 6 nitrogen and oxygen atoms in total. The SMILES string of the molecule is [C-]#[N+]C(=O)COP(OC1CC[C@]2(C)C(N(C)CCCCCCC)CCC[C@H]2[C@@H]1CCC)N(C(C)C)C(C)C. The number of rotatable bonds is 17. The van der Waals surface area contributed by atoms with E-state index in [1.54, 1.807) is 0 Å². The Labute approximate surface area is 236 Å². The second-order valence-electron chi connectivity index (χ2n) is 12.7. The van der Waals surface area contributed by atoms with Crippen LogP contribution < -0.4 is 0 Å². The van der Waals surface area contributed by atoms with Crippen LogP contribution in [0.4, 0.5) is 0 Å². The fraction of sp³-hybridized carbons (Fsp3) is 0.935. The van der Waals surface area contributed by atoms with E-state index in [0.29, 0.717) is 23.3 Å². The van der Waals surface area contributed by atoms with E-state index in [0.717, 1.165) is 12.8 Å². The van der Waals surface area contributed by atoms with Gasteiger partial charge in [0.25, 0.3) is 8.53 Å². The van der Waals surface area contributed by atoms with E-state index in [4.69, 9.17) is 15.6 Å². The van der Waals surface area contributed by atoms with Gasteiger partial charge in [0.1, 0.15) is 6.61 Å². The Hall–Kier alpha value is -0.570. The zero-order valence-corrected chi connectivity index (χ0v) is 26.8. The lowest BCUT2D eigenvalue weighted by molar-refractivity contribution is -0.117. The van der Waals surface area contributed by atoms with Gasteiger partial charge in [-0.2, -0.15) is 4.85 Å². The second-order valence-corrected chi connectivity index (χ2v) is 14.1. The summed E-state index contributed by atoms with van der Waals surface area (Å²) < 4.78 is 15.3. The first kappa shape index (κ1) is 33.6. The van der Waals surface area contributed by atoms with Crippen LogP contribution in [-0.4, -0.2) is 59.9 Å². The minimum absolute atomic E-state index is 0.139. The Morgan fingerprint density at radius 2 is 1.74 bits per heavy atom. The summed E-state index contributed by atoms with van der Waals surface area (Å²) in [7, 11) is 0.954. The highest BCUT2D eigenvalue weighted by Crippen LogP contribution is 2.58. The van der Waals surface area contributed by atoms with Crippen LogP contribution in [0.2, 0.25) is 0 Å². The van der Waals surface area contributed by atoms with E-state index in [-0.39, 0.29) is 24.8 Å². The number of unbranched alkanes of at least 4 members (excludes halogenated alkanes) is 4. The fourth-order valence-electron chi connectivity index (χ4n) is 7.50. The second kappa shape index (κ2) is 16.6. The van der Waals surface area contributed by atoms with Gasteiger partial charge in [-0.05, 0) is 97.1 Å². The lowest BCUT2D eigenvalue weighted by atomic mass is 9.53. The fourth-order valence-corrected chi connectivity index (χ4v) is 9.27. The van der Waals surface area contributed by atoms with Crippen molar-refractivity contribution in [2.24, 2.45) is 17.3 Å². The standard InChI is InChI=1S/C31H58N3O3P/c1-10-12-13-14-15-22-33(9)29-19-16-18-27-26(17-11-2)28(20-21-31(27,29)7)37-38(36-23-30(35)32-8)34(24(3)4)25(5)6/h24-29H,10-23H2,1-7,9H3/t26-,27-,28?,29?,31-,38?/m0/s1. The minimum atomic E-state index is -1.42. The first-order chi connectivity index (χ1) is 18.1. The van der Waals surface area contributed by atoms with Gasteiger partial charge in [-0.3, -0.25) is 0 Å². The summed E-state index contributed by atoms with van der Waals surface area (Å²) in [6, 6.07) is 1.10. The van der Waals surface area contributed by atoms with Gasteiger partial charge in [0.15, 0.2) is 0 Å². The number of carbonyl (C=O) groups is 1. The number of nitrogens with zero attached hydrogens (tertiary/aromatic N) is 3. The molecule has 2 fully saturated rings. The summed E-state index contributed by atoms with van der Waals surface area (Å²) in [5, 5.41) is 0. The summed E-state index contributed by atoms with van der Waals surface area (Å²) in [5.74, 6) is 0.601. The van der Waals surface area contributed by atoms with Gasteiger partial charge in [0, 0.05) is 18.1 Å². The molecule has 1 amide bonds. The van der Waals surface area contributed by atoms with Gasteiger partial charge >= 0.3 is 5.91 Å². The van der Waals surface area contributed by atoms with E-state index in [9.17, 15) is 4.79 Å². The summed E-state index contributed by atoms with van der Waals surface area (Å²) in [6.07, 6.45) is 15.3. The Morgan fingerprint density at radius 1 is 1.05 bits per heavy atom. The van der Waals surface area contributed by atoms with Crippen molar-refractivity contribution in [1.82, 2.24) is 9.57 Å². The van der Waals surface area contributed by atoms with E-state index in [1.165, 1.54) is 70.8 Å². The van der Waals surface area contributed by atoms with Crippen molar-refractivity contribution in [2.75, 3.05) is 20.2 Å². The van der Waals surface area contributed by atoms with Crippen LogP contribution in [0.15, 0.2) is 0 Å². The van der Waals surface area contributed by atoms with Gasteiger partial charge in [-0.1, -0.05) is 59.3 Å². The van der Waals surface area contributed by atoms with Crippen LogP contribution in [0.1, 0.15) is 126 Å². The molecule has 0 radical (unpaired) electrons. The van der Waals surface area contributed by atoms with Gasteiger partial charge in [-0.15, -0.1) is 0 Å². The van der Waals surface area contributed by atoms with Gasteiger partial charge in [0.05, 0.1) is 12.7 Å². The van der Waals surface area contributed by atoms with Crippen LogP contribution in [0.3, 0.4) is 0 Å². The highest BCUT2D eigenvalue weighted by atomic mass is 31.2. The number of amides is 1. The predicted octanol–water partition coefficient (Wildman–Crippen LogP) is 8.47. The largest absolute Gasteiger partial charge is 0.381 e. The molecular formula is C31H58N3O3P. The van der Waals surface area contributed by atoms with Gasteiger partial charge in [0.2, 0.25) is 0 Å². The minimum Gasteiger partial charge on any atom is -0.325 e. The molecule has 2 aliphatic carbocycles. The van der Waals surface area contributed by atoms with Crippen molar-refractivity contribution in [3.8, 4) is 0 Å². The molecule has 2 saturated carbocycles. The van der Waals surface area contributed by atoms with E-state index in [2.05, 4.69) is 69.9 Å². The zero-order chi connectivity index (χ0) is 28.3. The van der Waals surface area contributed by atoms with Gasteiger partial charge in [-0.25, -0.2) is 4.67 Å². The molecule has 6 atom stereocenters. The summed E-state index contributed by atoms with van der Waals surface area (Å²) in [6.45, 7) is 23.9. The topological polar surface area (TPSA) is 46.4 Å². The molecule has 0 aromatic carbocycles. The van der Waals surface area contributed by atoms with Crippen LogP contribution in [-0.2, 0) is 13.8 Å². The molecule has 7 heteroatoms. The first-order valence-corrected chi connectivity index (χ1v) is 16.7. The van der Waals surface area contributed by atoms with Crippen LogP contribution in [0.5, 0.6) is 0 Å². The third-order valence-corrected chi connectivity index (χ3v) is 11.3. The third-order valence-electron chi connectivity index (χ3n) is 9.23. The lowest BCUT2D eigenvalue weighted by Gasteiger charge is -2.58. The average molecular weight is 552 g/mol. The molecule has 0 heterocycles. The van der Waals surface area contributed by atoms with Crippen molar-refractivity contribution >= 4 is 14.4 Å². The molecule has 220 valence electrons. The monoisotopic (exact) mass is 551 g/mol. The van der Waals surface area contributed by atoms with Gasteiger partial charge < -0.3 is 18.7 Å². The summed E-state index contributed by atoms with van der Waals surface area (Å²) >= 11 is 0. The molecule has 2 aliphatic rings. The molecule has 3 unspecified atom stereocenters. The van der Waals surface area contributed by atoms with E-state index in [1.807, 2.05) is 0 Å². The van der Waals surface area contributed by atoms with E-state index < -0.39 is 14.4 Å². The van der Waals surface area contributed by atoms with Crippen molar-refractivity contribution in [3.63, 3.8) is 0 Å². The number of fused-ring (bicyclic) bond motifs is 1. The number of hydrogen-bond donors (Lipinski definition) is 0. The highest BCUT2D eigenvalue weighted by Gasteiger charge is 2.53. The quantitative estimate of drug-likeness (QED) is 0.103. The van der Waals surface area contributed by atoms with Crippen molar-refractivity contribution in [3.05, 3.63) is 11.4 Å². The average Bonchev–Trinajstić information content (AvgIpc) is 2.87. The molecule has 2 rings (SSSR count). The molecule has 0 N–H and O–H groups in total. The molecule has 0 spiro atoms. The smallest absolute Gasteiger partial charge is 0.325 e. The summed E-state index contributed by atoms with van der Waals surface area (Å²) in [5.41, 5.74) is 0.315. The van der Waals surface area contributed by atoms with Crippen LogP contribution >= 0.6 is 8.53 Å². The summed E-state index contributed by atoms with van der Waals surface area (Å²) in [4.78, 5) is 17.6. The number of hydrogen-bond acceptors (Lipinski definition) is 5. The maximum absolute atomic E-state index is 11.8. The number of carbonyl (C=O) groups excluding carboxylic acids is 1. The van der Waals surface area contributed by atoms with Crippen LogP contribution in [0, 0.1) is 23.8 Å². The molecule has 0 aromatic rings. The van der Waals surface area contributed by atoms with Crippen LogP contribution in [0.25, 0.3) is 4.85 Å². The first-order valence-electron chi connectivity index (χ1n) is 15.6. The van der Waals surface area contributed by atoms with Crippen molar-refractivity contribution in [2.45, 2.75) is 150 Å². The predicted molar refractivity (Wildman–Crippen MR) is 160 cm³/mol. The maximum Gasteiger partial charge on any atom is 0.381 e. The lowest BCUT2D eigenvalue weighted by Crippen LogP contribution is -2.57. The Morgan fingerprint density at radius 3 is 2.34 bits per heavy atom. The molecule has 0 bridgehead atoms. The highest BCUT2D eigenvalue weighted by molar-refractivity contribution is 7.44. The zero-order valence-electron chi connectivity index (χ0n) is 25.9. The molecule has 0 aliphatic heterocycles. The van der Waals surface area contributed by atoms with Crippen molar-refractivity contribution in [1.29, 1.82) is 0 Å². The maximum atomic E-state index is 11.8. The van der Waals surface area contributed by atoms with E-state index >= 15 is 0 Å². The third kappa shape index (κ3) is 8.97. The molecule has 0 aromatic heterocycles. The Balaban J connectivity index is 2.21. The normalized spacial score (nSPS) is 28.6. The molecular weight excluding hydrogens is 493 g/mol. The Bertz CT molecular complexity index is 734.